The fourth-order valence-electron chi connectivity index (χ4n) is 2.06. The van der Waals surface area contributed by atoms with Gasteiger partial charge in [0, 0.05) is 36.1 Å². The van der Waals surface area contributed by atoms with E-state index in [-0.39, 0.29) is 0 Å². The third-order valence-electron chi connectivity index (χ3n) is 3.02. The van der Waals surface area contributed by atoms with E-state index in [0.29, 0.717) is 6.54 Å². The Morgan fingerprint density at radius 1 is 1.26 bits per heavy atom. The third-order valence-corrected chi connectivity index (χ3v) is 3.45. The Balaban J connectivity index is 1.61. The van der Waals surface area contributed by atoms with Crippen molar-refractivity contribution in [1.82, 2.24) is 25.5 Å². The van der Waals surface area contributed by atoms with Gasteiger partial charge in [0.05, 0.1) is 5.02 Å². The molecule has 3 N–H and O–H groups in total. The van der Waals surface area contributed by atoms with Gasteiger partial charge >= 0.3 is 0 Å². The van der Waals surface area contributed by atoms with E-state index in [2.05, 4.69) is 25.5 Å². The molecule has 1 aromatic carbocycles. The quantitative estimate of drug-likeness (QED) is 0.626. The smallest absolute Gasteiger partial charge is 0.137 e. The van der Waals surface area contributed by atoms with Crippen molar-refractivity contribution in [2.75, 3.05) is 6.54 Å². The molecule has 0 saturated heterocycles. The second kappa shape index (κ2) is 5.42. The molecule has 3 rings (SSSR count). The maximum Gasteiger partial charge on any atom is 0.137 e. The van der Waals surface area contributed by atoms with Crippen LogP contribution in [0.15, 0.2) is 30.6 Å². The lowest BCUT2D eigenvalue weighted by Crippen LogP contribution is -2.17. The molecule has 0 saturated carbocycles. The Morgan fingerprint density at radius 2 is 2.16 bits per heavy atom. The number of para-hydroxylation sites is 1. The molecular weight excluding hydrogens is 262 g/mol. The molecule has 0 aliphatic rings. The topological polar surface area (TPSA) is 69.4 Å². The summed E-state index contributed by atoms with van der Waals surface area (Å²) in [6.07, 6.45) is 2.34. The number of hydrogen-bond donors (Lipinski definition) is 3. The highest BCUT2D eigenvalue weighted by Gasteiger charge is 2.08. The second-order valence-electron chi connectivity index (χ2n) is 4.32. The number of benzene rings is 1. The van der Waals surface area contributed by atoms with Crippen molar-refractivity contribution in [3.63, 3.8) is 0 Å². The Kier molecular flexibility index (Phi) is 3.48. The lowest BCUT2D eigenvalue weighted by molar-refractivity contribution is 0.664. The Morgan fingerprint density at radius 3 is 2.95 bits per heavy atom. The maximum atomic E-state index is 6.34. The van der Waals surface area contributed by atoms with E-state index in [1.165, 1.54) is 6.33 Å². The van der Waals surface area contributed by atoms with Gasteiger partial charge in [-0.1, -0.05) is 29.8 Å². The Hall–Kier alpha value is -1.85. The zero-order chi connectivity index (χ0) is 13.1. The minimum atomic E-state index is 0.710. The molecule has 0 unspecified atom stereocenters. The Labute approximate surface area is 115 Å². The van der Waals surface area contributed by atoms with Crippen LogP contribution in [0, 0.1) is 0 Å². The molecule has 0 aliphatic carbocycles. The molecule has 3 aromatic rings. The van der Waals surface area contributed by atoms with Gasteiger partial charge in [0.25, 0.3) is 0 Å². The lowest BCUT2D eigenvalue weighted by Gasteiger charge is -2.02. The molecule has 5 nitrogen and oxygen atoms in total. The van der Waals surface area contributed by atoms with Crippen LogP contribution >= 0.6 is 11.6 Å². The summed E-state index contributed by atoms with van der Waals surface area (Å²) >= 11 is 6.34. The van der Waals surface area contributed by atoms with Gasteiger partial charge in [-0.25, -0.2) is 4.98 Å². The van der Waals surface area contributed by atoms with Crippen LogP contribution in [0.4, 0.5) is 0 Å². The molecule has 0 atom stereocenters. The monoisotopic (exact) mass is 275 g/mol. The van der Waals surface area contributed by atoms with Gasteiger partial charge in [0.2, 0.25) is 0 Å². The van der Waals surface area contributed by atoms with Crippen LogP contribution in [-0.4, -0.2) is 26.7 Å². The van der Waals surface area contributed by atoms with Crippen LogP contribution in [0.5, 0.6) is 0 Å². The first-order chi connectivity index (χ1) is 9.34. The van der Waals surface area contributed by atoms with Crippen LogP contribution < -0.4 is 5.32 Å². The van der Waals surface area contributed by atoms with E-state index >= 15 is 0 Å². The molecule has 0 spiro atoms. The van der Waals surface area contributed by atoms with Crippen molar-refractivity contribution in [3.05, 3.63) is 47.1 Å². The highest BCUT2D eigenvalue weighted by Crippen LogP contribution is 2.26. The van der Waals surface area contributed by atoms with Gasteiger partial charge in [-0.15, -0.1) is 0 Å². The van der Waals surface area contributed by atoms with E-state index in [9.17, 15) is 0 Å². The number of nitrogens with one attached hydrogen (secondary N) is 3. The van der Waals surface area contributed by atoms with E-state index in [1.807, 2.05) is 24.3 Å². The summed E-state index contributed by atoms with van der Waals surface area (Å²) in [5, 5.41) is 11.8. The minimum absolute atomic E-state index is 0.710. The molecule has 2 aromatic heterocycles. The van der Waals surface area contributed by atoms with E-state index in [4.69, 9.17) is 11.6 Å². The van der Waals surface area contributed by atoms with Gasteiger partial charge in [-0.2, -0.15) is 5.10 Å². The summed E-state index contributed by atoms with van der Waals surface area (Å²) in [5.74, 6) is 0.884. The average Bonchev–Trinajstić information content (AvgIpc) is 3.04. The van der Waals surface area contributed by atoms with Crippen molar-refractivity contribution in [2.24, 2.45) is 0 Å². The summed E-state index contributed by atoms with van der Waals surface area (Å²) in [4.78, 5) is 7.40. The molecule has 98 valence electrons. The number of fused-ring (bicyclic) bond motifs is 1. The summed E-state index contributed by atoms with van der Waals surface area (Å²) in [6, 6.07) is 8.03. The number of hydrogen-bond acceptors (Lipinski definition) is 3. The van der Waals surface area contributed by atoms with E-state index in [1.54, 1.807) is 0 Å². The lowest BCUT2D eigenvalue weighted by atomic mass is 10.2. The number of halogens is 1. The maximum absolute atomic E-state index is 6.34. The van der Waals surface area contributed by atoms with Crippen LogP contribution in [0.25, 0.3) is 10.9 Å². The number of H-pyrrole nitrogens is 2. The van der Waals surface area contributed by atoms with Gasteiger partial charge in [0.1, 0.15) is 12.2 Å². The Bertz CT molecular complexity index is 659. The standard InChI is InChI=1S/C13H14ClN5/c14-13-9-3-1-2-4-10(9)18-11(13)7-15-6-5-12-16-8-17-19-12/h1-4,8,15,18H,5-7H2,(H,16,17,19). The number of aromatic amines is 2. The molecule has 6 heteroatoms. The van der Waals surface area contributed by atoms with Gasteiger partial charge in [0.15, 0.2) is 0 Å². The third kappa shape index (κ3) is 2.62. The first kappa shape index (κ1) is 12.2. The predicted octanol–water partition coefficient (Wildman–Crippen LogP) is 2.27. The highest BCUT2D eigenvalue weighted by atomic mass is 35.5. The normalized spacial score (nSPS) is 11.2. The van der Waals surface area contributed by atoms with Gasteiger partial charge in [-0.3, -0.25) is 5.10 Å². The zero-order valence-corrected chi connectivity index (χ0v) is 11.0. The van der Waals surface area contributed by atoms with Crippen molar-refractivity contribution in [2.45, 2.75) is 13.0 Å². The minimum Gasteiger partial charge on any atom is -0.356 e. The first-order valence-electron chi connectivity index (χ1n) is 6.14. The van der Waals surface area contributed by atoms with Crippen molar-refractivity contribution >= 4 is 22.5 Å². The summed E-state index contributed by atoms with van der Waals surface area (Å²) < 4.78 is 0. The number of rotatable bonds is 5. The molecular formula is C13H14ClN5. The second-order valence-corrected chi connectivity index (χ2v) is 4.70. The zero-order valence-electron chi connectivity index (χ0n) is 10.3. The molecule has 2 heterocycles. The van der Waals surface area contributed by atoms with E-state index in [0.717, 1.165) is 40.4 Å². The predicted molar refractivity (Wildman–Crippen MR) is 75.1 cm³/mol. The number of aromatic nitrogens is 4. The number of nitrogens with zero attached hydrogens (tertiary/aromatic N) is 2. The van der Waals surface area contributed by atoms with Crippen molar-refractivity contribution < 1.29 is 0 Å². The highest BCUT2D eigenvalue weighted by molar-refractivity contribution is 6.36. The molecule has 0 radical (unpaired) electrons. The van der Waals surface area contributed by atoms with Crippen LogP contribution in [0.3, 0.4) is 0 Å². The van der Waals surface area contributed by atoms with Gasteiger partial charge in [-0.05, 0) is 6.07 Å². The van der Waals surface area contributed by atoms with Gasteiger partial charge < -0.3 is 10.3 Å². The van der Waals surface area contributed by atoms with Crippen LogP contribution in [0.1, 0.15) is 11.5 Å². The van der Waals surface area contributed by atoms with E-state index < -0.39 is 0 Å². The molecule has 0 amide bonds. The summed E-state index contributed by atoms with van der Waals surface area (Å²) in [6.45, 7) is 1.53. The van der Waals surface area contributed by atoms with Crippen molar-refractivity contribution in [1.29, 1.82) is 0 Å². The summed E-state index contributed by atoms with van der Waals surface area (Å²) in [5.41, 5.74) is 2.08. The van der Waals surface area contributed by atoms with Crippen LogP contribution in [0.2, 0.25) is 5.02 Å². The SMILES string of the molecule is Clc1c(CNCCc2ncn[nH]2)[nH]c2ccccc12. The fraction of sp³-hybridized carbons (Fsp3) is 0.231. The molecule has 0 fully saturated rings. The average molecular weight is 276 g/mol. The molecule has 0 aliphatic heterocycles. The van der Waals surface area contributed by atoms with Crippen LogP contribution in [-0.2, 0) is 13.0 Å². The first-order valence-corrected chi connectivity index (χ1v) is 6.52. The van der Waals surface area contributed by atoms with Crippen molar-refractivity contribution in [3.8, 4) is 0 Å². The summed E-state index contributed by atoms with van der Waals surface area (Å²) in [7, 11) is 0. The fourth-order valence-corrected chi connectivity index (χ4v) is 2.34. The molecule has 19 heavy (non-hydrogen) atoms. The molecule has 0 bridgehead atoms. The largest absolute Gasteiger partial charge is 0.356 e.